The van der Waals surface area contributed by atoms with E-state index >= 15 is 0 Å². The smallest absolute Gasteiger partial charge is 0.269 e. The molecule has 164 valence electrons. The van der Waals surface area contributed by atoms with E-state index in [4.69, 9.17) is 0 Å². The molecular formula is C27H23N3O3. The third kappa shape index (κ3) is 4.76. The van der Waals surface area contributed by atoms with E-state index in [9.17, 15) is 14.9 Å². The molecular weight excluding hydrogens is 414 g/mol. The average molecular weight is 437 g/mol. The number of nitro groups is 1. The van der Waals surface area contributed by atoms with Crippen LogP contribution in [0.4, 0.5) is 5.69 Å². The second-order valence-electron chi connectivity index (χ2n) is 8.31. The lowest BCUT2D eigenvalue weighted by molar-refractivity contribution is -0.384. The maximum Gasteiger partial charge on any atom is 0.269 e. The van der Waals surface area contributed by atoms with Gasteiger partial charge in [0, 0.05) is 43.9 Å². The van der Waals surface area contributed by atoms with Gasteiger partial charge in [0.05, 0.1) is 4.92 Å². The number of nitrogens with zero attached hydrogens (tertiary/aromatic N) is 2. The van der Waals surface area contributed by atoms with Crippen molar-refractivity contribution in [1.82, 2.24) is 10.2 Å². The second kappa shape index (κ2) is 8.84. The summed E-state index contributed by atoms with van der Waals surface area (Å²) in [5.74, 6) is -0.139. The van der Waals surface area contributed by atoms with Gasteiger partial charge in [-0.15, -0.1) is 0 Å². The summed E-state index contributed by atoms with van der Waals surface area (Å²) in [6, 6.07) is 26.4. The van der Waals surface area contributed by atoms with Gasteiger partial charge in [0.2, 0.25) is 0 Å². The van der Waals surface area contributed by atoms with Gasteiger partial charge in [0.15, 0.2) is 0 Å². The summed E-state index contributed by atoms with van der Waals surface area (Å²) in [7, 11) is 0. The molecule has 1 aliphatic heterocycles. The number of nitrogens with one attached hydrogen (secondary N) is 1. The van der Waals surface area contributed by atoms with Crippen molar-refractivity contribution in [3.63, 3.8) is 0 Å². The number of fused-ring (bicyclic) bond motifs is 1. The molecule has 4 aromatic rings. The summed E-state index contributed by atoms with van der Waals surface area (Å²) in [4.78, 5) is 25.5. The molecule has 0 aliphatic carbocycles. The van der Waals surface area contributed by atoms with E-state index in [0.29, 0.717) is 12.1 Å². The first-order valence-corrected chi connectivity index (χ1v) is 10.9. The van der Waals surface area contributed by atoms with Gasteiger partial charge in [-0.05, 0) is 63.4 Å². The molecule has 4 aromatic carbocycles. The summed E-state index contributed by atoms with van der Waals surface area (Å²) in [5, 5.41) is 16.2. The number of amides is 1. The Hall–Kier alpha value is -4.03. The molecule has 33 heavy (non-hydrogen) atoms. The number of carbonyl (C=O) groups excluding carboxylic acids is 1. The summed E-state index contributed by atoms with van der Waals surface area (Å²) >= 11 is 0. The number of carbonyl (C=O) groups is 1. The zero-order valence-electron chi connectivity index (χ0n) is 18.0. The van der Waals surface area contributed by atoms with Crippen LogP contribution >= 0.6 is 0 Å². The summed E-state index contributed by atoms with van der Waals surface area (Å²) in [5.41, 5.74) is 4.78. The maximum absolute atomic E-state index is 12.7. The molecule has 5 rings (SSSR count). The first kappa shape index (κ1) is 20.8. The van der Waals surface area contributed by atoms with E-state index in [1.807, 2.05) is 24.3 Å². The Kier molecular flexibility index (Phi) is 5.59. The topological polar surface area (TPSA) is 75.2 Å². The van der Waals surface area contributed by atoms with Crippen LogP contribution in [0.1, 0.15) is 21.5 Å². The van der Waals surface area contributed by atoms with Gasteiger partial charge >= 0.3 is 0 Å². The third-order valence-corrected chi connectivity index (χ3v) is 5.98. The third-order valence-electron chi connectivity index (χ3n) is 5.98. The molecule has 6 nitrogen and oxygen atoms in total. The van der Waals surface area contributed by atoms with Crippen LogP contribution in [0.25, 0.3) is 21.9 Å². The van der Waals surface area contributed by atoms with E-state index in [1.165, 1.54) is 36.2 Å². The van der Waals surface area contributed by atoms with Crippen LogP contribution in [0.5, 0.6) is 0 Å². The molecule has 0 unspecified atom stereocenters. The first-order chi connectivity index (χ1) is 16.1. The fraction of sp³-hybridized carbons (Fsp3) is 0.148. The Morgan fingerprint density at radius 3 is 2.27 bits per heavy atom. The van der Waals surface area contributed by atoms with Crippen molar-refractivity contribution < 1.29 is 9.72 Å². The highest BCUT2D eigenvalue weighted by molar-refractivity contribution is 5.95. The number of nitro benzene ring substituents is 1. The molecule has 0 saturated carbocycles. The van der Waals surface area contributed by atoms with Crippen molar-refractivity contribution in [2.45, 2.75) is 13.1 Å². The Bertz CT molecular complexity index is 1330. The van der Waals surface area contributed by atoms with Crippen LogP contribution in [0.2, 0.25) is 0 Å². The van der Waals surface area contributed by atoms with Gasteiger partial charge in [-0.2, -0.15) is 0 Å². The standard InChI is InChI=1S/C27H23N3O3/c31-27(22-7-5-20(6-8-22)21-9-11-25(12-10-21)30(32)33)28-17-24-3-1-2-23-16-19(4-13-26(23)24)18-29-14-15-29/h1-13,16H,14-15,17-18H2,(H,28,31). The lowest BCUT2D eigenvalue weighted by Gasteiger charge is -2.11. The largest absolute Gasteiger partial charge is 0.348 e. The van der Waals surface area contributed by atoms with Gasteiger partial charge in [0.25, 0.3) is 11.6 Å². The average Bonchev–Trinajstić information content (AvgIpc) is 3.66. The van der Waals surface area contributed by atoms with E-state index in [2.05, 4.69) is 34.5 Å². The molecule has 1 fully saturated rings. The van der Waals surface area contributed by atoms with Crippen molar-refractivity contribution in [1.29, 1.82) is 0 Å². The molecule has 0 radical (unpaired) electrons. The van der Waals surface area contributed by atoms with Crippen LogP contribution in [-0.4, -0.2) is 28.8 Å². The van der Waals surface area contributed by atoms with Crippen LogP contribution in [0, 0.1) is 10.1 Å². The number of hydrogen-bond acceptors (Lipinski definition) is 4. The molecule has 1 amide bonds. The van der Waals surface area contributed by atoms with Crippen molar-refractivity contribution in [3.8, 4) is 11.1 Å². The van der Waals surface area contributed by atoms with Crippen LogP contribution in [0.15, 0.2) is 84.9 Å². The minimum absolute atomic E-state index is 0.0556. The van der Waals surface area contributed by atoms with Crippen molar-refractivity contribution in [2.24, 2.45) is 0 Å². The van der Waals surface area contributed by atoms with Crippen molar-refractivity contribution in [3.05, 3.63) is 112 Å². The van der Waals surface area contributed by atoms with E-state index in [1.54, 1.807) is 24.3 Å². The van der Waals surface area contributed by atoms with Gasteiger partial charge in [0.1, 0.15) is 0 Å². The predicted octanol–water partition coefficient (Wildman–Crippen LogP) is 5.16. The van der Waals surface area contributed by atoms with Gasteiger partial charge in [-0.3, -0.25) is 19.8 Å². The molecule has 1 aliphatic rings. The Morgan fingerprint density at radius 2 is 1.61 bits per heavy atom. The van der Waals surface area contributed by atoms with E-state index < -0.39 is 4.92 Å². The Morgan fingerprint density at radius 1 is 0.909 bits per heavy atom. The SMILES string of the molecule is O=C(NCc1cccc2cc(CN3CC3)ccc12)c1ccc(-c2ccc([N+](=O)[O-])cc2)cc1. The van der Waals surface area contributed by atoms with Gasteiger partial charge in [-0.25, -0.2) is 0 Å². The summed E-state index contributed by atoms with van der Waals surface area (Å²) < 4.78 is 0. The number of benzene rings is 4. The number of hydrogen-bond donors (Lipinski definition) is 1. The maximum atomic E-state index is 12.7. The fourth-order valence-corrected chi connectivity index (χ4v) is 4.01. The quantitative estimate of drug-likeness (QED) is 0.246. The van der Waals surface area contributed by atoms with Gasteiger partial charge in [-0.1, -0.05) is 42.5 Å². The highest BCUT2D eigenvalue weighted by Gasteiger charge is 2.17. The fourth-order valence-electron chi connectivity index (χ4n) is 4.01. The van der Waals surface area contributed by atoms with Crippen LogP contribution in [-0.2, 0) is 13.1 Å². The molecule has 6 heteroatoms. The molecule has 1 N–H and O–H groups in total. The van der Waals surface area contributed by atoms with Gasteiger partial charge < -0.3 is 5.32 Å². The van der Waals surface area contributed by atoms with E-state index in [0.717, 1.165) is 28.6 Å². The number of non-ortho nitro benzene ring substituents is 1. The molecule has 0 bridgehead atoms. The zero-order valence-corrected chi connectivity index (χ0v) is 18.0. The van der Waals surface area contributed by atoms with Crippen molar-refractivity contribution in [2.75, 3.05) is 13.1 Å². The summed E-state index contributed by atoms with van der Waals surface area (Å²) in [6.45, 7) is 3.80. The first-order valence-electron chi connectivity index (χ1n) is 10.9. The lowest BCUT2D eigenvalue weighted by atomic mass is 10.0. The molecule has 0 aromatic heterocycles. The minimum atomic E-state index is -0.418. The van der Waals surface area contributed by atoms with E-state index in [-0.39, 0.29) is 11.6 Å². The highest BCUT2D eigenvalue weighted by Crippen LogP contribution is 2.24. The highest BCUT2D eigenvalue weighted by atomic mass is 16.6. The molecule has 0 atom stereocenters. The Labute approximate surface area is 191 Å². The van der Waals surface area contributed by atoms with Crippen molar-refractivity contribution >= 4 is 22.4 Å². The molecule has 1 heterocycles. The monoisotopic (exact) mass is 437 g/mol. The predicted molar refractivity (Wildman–Crippen MR) is 129 cm³/mol. The zero-order chi connectivity index (χ0) is 22.8. The lowest BCUT2D eigenvalue weighted by Crippen LogP contribution is -2.22. The normalized spacial score (nSPS) is 13.1. The minimum Gasteiger partial charge on any atom is -0.348 e. The molecule has 0 spiro atoms. The number of rotatable bonds is 7. The second-order valence-corrected chi connectivity index (χ2v) is 8.31. The van der Waals surface area contributed by atoms with Crippen LogP contribution in [0.3, 0.4) is 0 Å². The molecule has 1 saturated heterocycles. The summed E-state index contributed by atoms with van der Waals surface area (Å²) in [6.07, 6.45) is 0. The Balaban J connectivity index is 1.26. The van der Waals surface area contributed by atoms with Crippen LogP contribution < -0.4 is 5.32 Å².